The van der Waals surface area contributed by atoms with E-state index in [0.29, 0.717) is 12.2 Å². The summed E-state index contributed by atoms with van der Waals surface area (Å²) in [4.78, 5) is 15.9. The zero-order chi connectivity index (χ0) is 23.5. The Kier molecular flexibility index (Phi) is 6.70. The maximum atomic E-state index is 13.6. The summed E-state index contributed by atoms with van der Waals surface area (Å²) in [6, 6.07) is 19.4. The molecule has 1 saturated heterocycles. The van der Waals surface area contributed by atoms with Gasteiger partial charge in [-0.25, -0.2) is 0 Å². The summed E-state index contributed by atoms with van der Waals surface area (Å²) in [6.07, 6.45) is 0. The third-order valence-electron chi connectivity index (χ3n) is 5.93. The van der Waals surface area contributed by atoms with E-state index in [4.69, 9.17) is 9.47 Å². The number of hydrogen-bond donors (Lipinski definition) is 2. The van der Waals surface area contributed by atoms with Crippen molar-refractivity contribution in [3.05, 3.63) is 76.7 Å². The van der Waals surface area contributed by atoms with Crippen LogP contribution in [0.2, 0.25) is 0 Å². The monoisotopic (exact) mass is 523 g/mol. The molecule has 3 aromatic carbocycles. The van der Waals surface area contributed by atoms with Gasteiger partial charge in [-0.2, -0.15) is 0 Å². The maximum absolute atomic E-state index is 13.6. The number of morpholine rings is 1. The molecule has 7 heteroatoms. The number of carbonyl (C=O) groups excluding carboxylic acids is 1. The topological polar surface area (TPSA) is 79.2 Å². The van der Waals surface area contributed by atoms with Gasteiger partial charge in [0.15, 0.2) is 0 Å². The van der Waals surface area contributed by atoms with Crippen LogP contribution in [0.3, 0.4) is 0 Å². The van der Waals surface area contributed by atoms with Crippen LogP contribution in [0.25, 0.3) is 20.8 Å². The first kappa shape index (κ1) is 22.7. The quantitative estimate of drug-likeness (QED) is 0.283. The van der Waals surface area contributed by atoms with Gasteiger partial charge < -0.3 is 4.74 Å². The van der Waals surface area contributed by atoms with Gasteiger partial charge in [-0.1, -0.05) is 0 Å². The number of ether oxygens (including phenoxy) is 2. The Hall–Kier alpha value is -3.09. The Balaban J connectivity index is 1.38. The standard InChI is InChI=1S/C27H25NO5Se/c29-20-5-1-18(2-6-20)25-23-10-7-21(30)17-24(23)34-27(25)26(31)19-3-8-22(9-4-19)33-16-13-28-11-14-32-15-12-28/h1-10,17,29-30H,11-16H2. The van der Waals surface area contributed by atoms with Crippen molar-refractivity contribution in [2.24, 2.45) is 0 Å². The fourth-order valence-corrected chi connectivity index (χ4v) is 6.67. The Morgan fingerprint density at radius 3 is 2.38 bits per heavy atom. The fourth-order valence-electron chi connectivity index (χ4n) is 4.11. The molecule has 2 heterocycles. The number of phenols is 2. The third-order valence-corrected chi connectivity index (χ3v) is 8.35. The van der Waals surface area contributed by atoms with Crippen molar-refractivity contribution in [2.75, 3.05) is 39.5 Å². The Morgan fingerprint density at radius 1 is 0.941 bits per heavy atom. The summed E-state index contributed by atoms with van der Waals surface area (Å²) in [5.74, 6) is 1.08. The van der Waals surface area contributed by atoms with Crippen molar-refractivity contribution < 1.29 is 24.5 Å². The van der Waals surface area contributed by atoms with Crippen LogP contribution in [0, 0.1) is 0 Å². The van der Waals surface area contributed by atoms with Crippen molar-refractivity contribution in [2.45, 2.75) is 0 Å². The molecule has 0 aliphatic carbocycles. The van der Waals surface area contributed by atoms with Crippen molar-refractivity contribution in [1.82, 2.24) is 4.90 Å². The molecular formula is C27H25NO5Se. The summed E-state index contributed by atoms with van der Waals surface area (Å²) in [5, 5.41) is 20.6. The molecule has 0 unspecified atom stereocenters. The van der Waals surface area contributed by atoms with Gasteiger partial charge in [0.2, 0.25) is 0 Å². The Bertz CT molecular complexity index is 1290. The van der Waals surface area contributed by atoms with Crippen molar-refractivity contribution >= 4 is 29.9 Å². The number of aromatic hydroxyl groups is 2. The Morgan fingerprint density at radius 2 is 1.65 bits per heavy atom. The van der Waals surface area contributed by atoms with Gasteiger partial charge in [-0.05, 0) is 0 Å². The number of nitrogens with zero attached hydrogens (tertiary/aromatic N) is 1. The molecule has 174 valence electrons. The normalized spacial score (nSPS) is 14.4. The predicted octanol–water partition coefficient (Wildman–Crippen LogP) is 3.92. The second kappa shape index (κ2) is 10.0. The molecule has 4 aromatic rings. The molecule has 0 bridgehead atoms. The summed E-state index contributed by atoms with van der Waals surface area (Å²) >= 11 is -0.244. The third kappa shape index (κ3) is 4.88. The molecule has 1 aromatic heterocycles. The molecule has 6 nitrogen and oxygen atoms in total. The van der Waals surface area contributed by atoms with Gasteiger partial charge in [0.1, 0.15) is 0 Å². The van der Waals surface area contributed by atoms with Crippen molar-refractivity contribution in [1.29, 1.82) is 0 Å². The van der Waals surface area contributed by atoms with E-state index in [2.05, 4.69) is 4.90 Å². The van der Waals surface area contributed by atoms with Gasteiger partial charge in [0, 0.05) is 0 Å². The van der Waals surface area contributed by atoms with Crippen LogP contribution in [-0.2, 0) is 4.74 Å². The second-order valence-electron chi connectivity index (χ2n) is 8.19. The number of benzene rings is 3. The van der Waals surface area contributed by atoms with Gasteiger partial charge in [-0.3, -0.25) is 0 Å². The summed E-state index contributed by atoms with van der Waals surface area (Å²) < 4.78 is 13.0. The molecule has 0 atom stereocenters. The molecule has 5 rings (SSSR count). The van der Waals surface area contributed by atoms with E-state index < -0.39 is 0 Å². The molecule has 0 spiro atoms. The van der Waals surface area contributed by atoms with Crippen LogP contribution in [0.15, 0.2) is 66.7 Å². The second-order valence-corrected chi connectivity index (χ2v) is 10.4. The van der Waals surface area contributed by atoms with E-state index >= 15 is 0 Å². The van der Waals surface area contributed by atoms with E-state index in [0.717, 1.165) is 63.8 Å². The van der Waals surface area contributed by atoms with Gasteiger partial charge >= 0.3 is 199 Å². The van der Waals surface area contributed by atoms with Crippen molar-refractivity contribution in [3.63, 3.8) is 0 Å². The molecule has 1 aliphatic heterocycles. The van der Waals surface area contributed by atoms with Crippen LogP contribution < -0.4 is 4.74 Å². The molecule has 0 radical (unpaired) electrons. The minimum atomic E-state index is -0.244. The van der Waals surface area contributed by atoms with Crippen LogP contribution in [0.4, 0.5) is 0 Å². The first-order valence-electron chi connectivity index (χ1n) is 11.2. The van der Waals surface area contributed by atoms with E-state index in [1.165, 1.54) is 0 Å². The fraction of sp³-hybridized carbons (Fsp3) is 0.222. The average molecular weight is 522 g/mol. The van der Waals surface area contributed by atoms with Crippen molar-refractivity contribution in [3.8, 4) is 28.4 Å². The number of phenolic OH excluding ortho intramolecular Hbond substituents is 2. The molecule has 2 N–H and O–H groups in total. The number of ketones is 1. The molecule has 1 aliphatic rings. The summed E-state index contributed by atoms with van der Waals surface area (Å²) in [6.45, 7) is 4.83. The van der Waals surface area contributed by atoms with Crippen LogP contribution >= 0.6 is 0 Å². The average Bonchev–Trinajstić information content (AvgIpc) is 3.23. The van der Waals surface area contributed by atoms with Gasteiger partial charge in [-0.15, -0.1) is 0 Å². The molecular weight excluding hydrogens is 497 g/mol. The zero-order valence-corrected chi connectivity index (χ0v) is 20.3. The van der Waals surface area contributed by atoms with E-state index in [-0.39, 0.29) is 31.8 Å². The first-order chi connectivity index (χ1) is 16.6. The molecule has 0 amide bonds. The molecule has 1 fully saturated rings. The van der Waals surface area contributed by atoms with E-state index in [1.54, 1.807) is 24.3 Å². The van der Waals surface area contributed by atoms with Gasteiger partial charge in [0.05, 0.1) is 0 Å². The van der Waals surface area contributed by atoms with Crippen LogP contribution in [-0.4, -0.2) is 74.9 Å². The van der Waals surface area contributed by atoms with E-state index in [9.17, 15) is 15.0 Å². The van der Waals surface area contributed by atoms with Crippen LogP contribution in [0.1, 0.15) is 14.8 Å². The minimum absolute atomic E-state index is 0.0290. The molecule has 0 saturated carbocycles. The predicted molar refractivity (Wildman–Crippen MR) is 132 cm³/mol. The number of rotatable bonds is 7. The summed E-state index contributed by atoms with van der Waals surface area (Å²) in [5.41, 5.74) is 2.34. The van der Waals surface area contributed by atoms with E-state index in [1.807, 2.05) is 42.5 Å². The van der Waals surface area contributed by atoms with Gasteiger partial charge in [0.25, 0.3) is 0 Å². The SMILES string of the molecule is O=C(c1ccc(OCCN2CCOCC2)cc1)c1[se]c2cc(O)ccc2c1-c1ccc(O)cc1. The Labute approximate surface area is 203 Å². The number of hydrogen-bond acceptors (Lipinski definition) is 6. The zero-order valence-electron chi connectivity index (χ0n) is 18.6. The van der Waals surface area contributed by atoms with Crippen LogP contribution in [0.5, 0.6) is 17.2 Å². The number of fused-ring (bicyclic) bond motifs is 1. The first-order valence-corrected chi connectivity index (χ1v) is 12.9. The summed E-state index contributed by atoms with van der Waals surface area (Å²) in [7, 11) is 0. The number of carbonyl (C=O) groups is 1. The molecule has 34 heavy (non-hydrogen) atoms.